The van der Waals surface area contributed by atoms with Gasteiger partial charge in [0.2, 0.25) is 11.8 Å². The minimum absolute atomic E-state index is 0.0699. The highest BCUT2D eigenvalue weighted by molar-refractivity contribution is 8.01. The average Bonchev–Trinajstić information content (AvgIpc) is 2.48. The normalized spacial score (nSPS) is 16.5. The molecule has 1 unspecified atom stereocenters. The SMILES string of the molecule is O=C(CC1Sc2ccccc2NC1=O)Nc1cccc(O)c1. The number of para-hydroxylation sites is 1. The van der Waals surface area contributed by atoms with E-state index < -0.39 is 5.25 Å². The molecule has 3 rings (SSSR count). The average molecular weight is 314 g/mol. The van der Waals surface area contributed by atoms with Crippen molar-refractivity contribution >= 4 is 35.0 Å². The predicted molar refractivity (Wildman–Crippen MR) is 86.1 cm³/mol. The van der Waals surface area contributed by atoms with E-state index in [2.05, 4.69) is 10.6 Å². The van der Waals surface area contributed by atoms with Crippen molar-refractivity contribution in [1.29, 1.82) is 0 Å². The summed E-state index contributed by atoms with van der Waals surface area (Å²) in [5.74, 6) is -0.357. The zero-order chi connectivity index (χ0) is 15.5. The lowest BCUT2D eigenvalue weighted by atomic mass is 10.2. The van der Waals surface area contributed by atoms with Crippen LogP contribution in [0, 0.1) is 0 Å². The first-order valence-corrected chi connectivity index (χ1v) is 7.65. The number of benzene rings is 2. The van der Waals surface area contributed by atoms with E-state index in [0.717, 1.165) is 10.6 Å². The van der Waals surface area contributed by atoms with Gasteiger partial charge in [-0.3, -0.25) is 9.59 Å². The summed E-state index contributed by atoms with van der Waals surface area (Å²) in [6.07, 6.45) is 0.0699. The number of amides is 2. The molecule has 5 nitrogen and oxygen atoms in total. The summed E-state index contributed by atoms with van der Waals surface area (Å²) >= 11 is 1.38. The number of fused-ring (bicyclic) bond motifs is 1. The van der Waals surface area contributed by atoms with E-state index in [0.29, 0.717) is 5.69 Å². The topological polar surface area (TPSA) is 78.4 Å². The summed E-state index contributed by atoms with van der Waals surface area (Å²) in [5, 5.41) is 14.4. The summed E-state index contributed by atoms with van der Waals surface area (Å²) in [7, 11) is 0. The first kappa shape index (κ1) is 14.5. The molecule has 112 valence electrons. The summed E-state index contributed by atoms with van der Waals surface area (Å²) in [4.78, 5) is 25.1. The zero-order valence-corrected chi connectivity index (χ0v) is 12.4. The fourth-order valence-corrected chi connectivity index (χ4v) is 3.30. The number of hydrogen-bond donors (Lipinski definition) is 3. The van der Waals surface area contributed by atoms with E-state index in [1.54, 1.807) is 12.1 Å². The number of nitrogens with one attached hydrogen (secondary N) is 2. The predicted octanol–water partition coefficient (Wildman–Crippen LogP) is 2.83. The van der Waals surface area contributed by atoms with Crippen LogP contribution < -0.4 is 10.6 Å². The van der Waals surface area contributed by atoms with E-state index in [1.165, 1.54) is 23.9 Å². The lowest BCUT2D eigenvalue weighted by Gasteiger charge is -2.23. The Labute approximate surface area is 131 Å². The van der Waals surface area contributed by atoms with E-state index in [-0.39, 0.29) is 24.0 Å². The van der Waals surface area contributed by atoms with Gasteiger partial charge in [0.1, 0.15) is 5.75 Å². The summed E-state index contributed by atoms with van der Waals surface area (Å²) in [5.41, 5.74) is 1.29. The second-order valence-corrected chi connectivity index (χ2v) is 6.14. The Morgan fingerprint density at radius 2 is 2.05 bits per heavy atom. The van der Waals surface area contributed by atoms with Crippen LogP contribution in [0.1, 0.15) is 6.42 Å². The van der Waals surface area contributed by atoms with Gasteiger partial charge in [0.15, 0.2) is 0 Å². The zero-order valence-electron chi connectivity index (χ0n) is 11.6. The summed E-state index contributed by atoms with van der Waals surface area (Å²) in [6.45, 7) is 0. The molecule has 0 fully saturated rings. The van der Waals surface area contributed by atoms with Crippen LogP contribution in [-0.2, 0) is 9.59 Å². The Hall–Kier alpha value is -2.47. The van der Waals surface area contributed by atoms with Gasteiger partial charge >= 0.3 is 0 Å². The molecule has 2 amide bonds. The lowest BCUT2D eigenvalue weighted by molar-refractivity contribution is -0.120. The Morgan fingerprint density at radius 3 is 2.86 bits per heavy atom. The van der Waals surface area contributed by atoms with Crippen molar-refractivity contribution in [3.63, 3.8) is 0 Å². The maximum Gasteiger partial charge on any atom is 0.238 e. The molecule has 0 spiro atoms. The van der Waals surface area contributed by atoms with E-state index >= 15 is 0 Å². The molecule has 0 aromatic heterocycles. The number of anilines is 2. The highest BCUT2D eigenvalue weighted by atomic mass is 32.2. The van der Waals surface area contributed by atoms with Crippen LogP contribution in [0.4, 0.5) is 11.4 Å². The fraction of sp³-hybridized carbons (Fsp3) is 0.125. The largest absolute Gasteiger partial charge is 0.508 e. The van der Waals surface area contributed by atoms with Crippen LogP contribution in [0.5, 0.6) is 5.75 Å². The highest BCUT2D eigenvalue weighted by Crippen LogP contribution is 2.36. The van der Waals surface area contributed by atoms with Crippen molar-refractivity contribution in [3.8, 4) is 5.75 Å². The quantitative estimate of drug-likeness (QED) is 0.814. The number of phenols is 1. The molecule has 0 aliphatic carbocycles. The monoisotopic (exact) mass is 314 g/mol. The molecule has 0 radical (unpaired) electrons. The Kier molecular flexibility index (Phi) is 4.02. The van der Waals surface area contributed by atoms with Crippen LogP contribution in [0.15, 0.2) is 53.4 Å². The van der Waals surface area contributed by atoms with Crippen LogP contribution in [0.25, 0.3) is 0 Å². The number of phenolic OH excluding ortho intramolecular Hbond substituents is 1. The van der Waals surface area contributed by atoms with Crippen molar-refractivity contribution in [2.24, 2.45) is 0 Å². The van der Waals surface area contributed by atoms with Gasteiger partial charge in [0.25, 0.3) is 0 Å². The highest BCUT2D eigenvalue weighted by Gasteiger charge is 2.28. The molecule has 0 saturated carbocycles. The van der Waals surface area contributed by atoms with E-state index in [1.807, 2.05) is 24.3 Å². The number of carbonyl (C=O) groups is 2. The molecule has 0 saturated heterocycles. The van der Waals surface area contributed by atoms with Crippen molar-refractivity contribution in [1.82, 2.24) is 0 Å². The van der Waals surface area contributed by atoms with E-state index in [9.17, 15) is 14.7 Å². The molecular weight excluding hydrogens is 300 g/mol. The third-order valence-corrected chi connectivity index (χ3v) is 4.48. The summed E-state index contributed by atoms with van der Waals surface area (Å²) < 4.78 is 0. The maximum absolute atomic E-state index is 12.1. The number of rotatable bonds is 3. The van der Waals surface area contributed by atoms with Gasteiger partial charge in [-0.25, -0.2) is 0 Å². The van der Waals surface area contributed by atoms with Crippen LogP contribution in [0.2, 0.25) is 0 Å². The maximum atomic E-state index is 12.1. The van der Waals surface area contributed by atoms with Gasteiger partial charge in [-0.2, -0.15) is 0 Å². The minimum atomic E-state index is -0.466. The van der Waals surface area contributed by atoms with Gasteiger partial charge in [0, 0.05) is 23.1 Å². The second kappa shape index (κ2) is 6.11. The standard InChI is InChI=1S/C16H14N2O3S/c19-11-5-3-4-10(8-11)17-15(20)9-14-16(21)18-12-6-1-2-7-13(12)22-14/h1-8,14,19H,9H2,(H,17,20)(H,18,21). The molecule has 1 heterocycles. The van der Waals surface area contributed by atoms with Crippen LogP contribution in [0.3, 0.4) is 0 Å². The first-order valence-electron chi connectivity index (χ1n) is 6.77. The van der Waals surface area contributed by atoms with Gasteiger partial charge in [0.05, 0.1) is 10.9 Å². The fourth-order valence-electron chi connectivity index (χ4n) is 2.19. The molecule has 1 atom stereocenters. The van der Waals surface area contributed by atoms with Gasteiger partial charge in [-0.1, -0.05) is 18.2 Å². The van der Waals surface area contributed by atoms with Crippen molar-refractivity contribution in [3.05, 3.63) is 48.5 Å². The third kappa shape index (κ3) is 3.23. The molecule has 3 N–H and O–H groups in total. The van der Waals surface area contributed by atoms with Gasteiger partial charge < -0.3 is 15.7 Å². The molecule has 2 aromatic rings. The van der Waals surface area contributed by atoms with Crippen molar-refractivity contribution < 1.29 is 14.7 Å². The van der Waals surface area contributed by atoms with Crippen molar-refractivity contribution in [2.45, 2.75) is 16.6 Å². The molecule has 0 bridgehead atoms. The molecule has 22 heavy (non-hydrogen) atoms. The number of aromatic hydroxyl groups is 1. The Bertz CT molecular complexity index is 733. The van der Waals surface area contributed by atoms with Crippen molar-refractivity contribution in [2.75, 3.05) is 10.6 Å². The molecule has 6 heteroatoms. The smallest absolute Gasteiger partial charge is 0.238 e. The van der Waals surface area contributed by atoms with Crippen LogP contribution in [-0.4, -0.2) is 22.2 Å². The minimum Gasteiger partial charge on any atom is -0.508 e. The first-order chi connectivity index (χ1) is 10.6. The van der Waals surface area contributed by atoms with Gasteiger partial charge in [-0.15, -0.1) is 11.8 Å². The summed E-state index contributed by atoms with van der Waals surface area (Å²) in [6, 6.07) is 13.8. The number of carbonyl (C=O) groups excluding carboxylic acids is 2. The molecule has 2 aromatic carbocycles. The Balaban J connectivity index is 1.66. The lowest BCUT2D eigenvalue weighted by Crippen LogP contribution is -2.32. The number of thioether (sulfide) groups is 1. The van der Waals surface area contributed by atoms with E-state index in [4.69, 9.17) is 0 Å². The van der Waals surface area contributed by atoms with Gasteiger partial charge in [-0.05, 0) is 24.3 Å². The third-order valence-electron chi connectivity index (χ3n) is 3.21. The van der Waals surface area contributed by atoms with Crippen LogP contribution >= 0.6 is 11.8 Å². The molecular formula is C16H14N2O3S. The number of hydrogen-bond acceptors (Lipinski definition) is 4. The molecule has 1 aliphatic heterocycles. The molecule has 1 aliphatic rings. The second-order valence-electron chi connectivity index (χ2n) is 4.89. The Morgan fingerprint density at radius 1 is 1.23 bits per heavy atom.